The third kappa shape index (κ3) is 3.99. The third-order valence-corrected chi connectivity index (χ3v) is 4.45. The minimum absolute atomic E-state index is 0.0127. The smallest absolute Gasteiger partial charge is 0.237 e. The number of nitrogens with zero attached hydrogens (tertiary/aromatic N) is 1. The Bertz CT molecular complexity index is 570. The molecule has 1 saturated heterocycles. The van der Waals surface area contributed by atoms with Crippen molar-refractivity contribution >= 4 is 5.91 Å². The van der Waals surface area contributed by atoms with Crippen LogP contribution in [0.2, 0.25) is 0 Å². The average molecular weight is 334 g/mol. The molecular formula is C18H26N2O4. The van der Waals surface area contributed by atoms with Crippen molar-refractivity contribution in [1.29, 1.82) is 0 Å². The summed E-state index contributed by atoms with van der Waals surface area (Å²) in [6, 6.07) is 7.40. The van der Waals surface area contributed by atoms with Gasteiger partial charge in [-0.2, -0.15) is 0 Å². The van der Waals surface area contributed by atoms with Crippen LogP contribution in [0.3, 0.4) is 0 Å². The topological polar surface area (TPSA) is 60.0 Å². The highest BCUT2D eigenvalue weighted by molar-refractivity contribution is 5.81. The number of carbonyl (C=O) groups excluding carboxylic acids is 1. The Morgan fingerprint density at radius 1 is 1.25 bits per heavy atom. The van der Waals surface area contributed by atoms with Crippen molar-refractivity contribution < 1.29 is 19.0 Å². The number of morpholine rings is 1. The fourth-order valence-corrected chi connectivity index (χ4v) is 3.23. The van der Waals surface area contributed by atoms with E-state index in [0.29, 0.717) is 13.2 Å². The third-order valence-electron chi connectivity index (χ3n) is 4.45. The summed E-state index contributed by atoms with van der Waals surface area (Å²) in [5.41, 5.74) is 0. The van der Waals surface area contributed by atoms with E-state index < -0.39 is 0 Å². The highest BCUT2D eigenvalue weighted by Crippen LogP contribution is 2.30. The van der Waals surface area contributed by atoms with Crippen molar-refractivity contribution in [2.75, 3.05) is 26.2 Å². The zero-order valence-electron chi connectivity index (χ0n) is 14.5. The zero-order chi connectivity index (χ0) is 17.1. The van der Waals surface area contributed by atoms with Crippen LogP contribution in [-0.4, -0.2) is 61.4 Å². The molecule has 1 N–H and O–H groups in total. The predicted molar refractivity (Wildman–Crippen MR) is 90.4 cm³/mol. The van der Waals surface area contributed by atoms with Gasteiger partial charge in [0.05, 0.1) is 24.8 Å². The molecule has 2 aliphatic heterocycles. The summed E-state index contributed by atoms with van der Waals surface area (Å²) in [5.74, 6) is 1.50. The molecule has 24 heavy (non-hydrogen) atoms. The molecule has 1 aromatic carbocycles. The molecule has 2 aliphatic rings. The van der Waals surface area contributed by atoms with E-state index in [1.807, 2.05) is 45.0 Å². The molecule has 0 aromatic heterocycles. The highest BCUT2D eigenvalue weighted by Gasteiger charge is 2.30. The molecule has 1 aromatic rings. The molecule has 1 fully saturated rings. The number of nitrogens with one attached hydrogen (secondary N) is 1. The minimum Gasteiger partial charge on any atom is -0.486 e. The van der Waals surface area contributed by atoms with Gasteiger partial charge >= 0.3 is 0 Å². The molecule has 6 nitrogen and oxygen atoms in total. The van der Waals surface area contributed by atoms with E-state index in [2.05, 4.69) is 10.2 Å². The largest absolute Gasteiger partial charge is 0.486 e. The average Bonchev–Trinajstić information content (AvgIpc) is 2.58. The molecular weight excluding hydrogens is 308 g/mol. The Morgan fingerprint density at radius 3 is 2.62 bits per heavy atom. The van der Waals surface area contributed by atoms with Crippen LogP contribution in [0, 0.1) is 0 Å². The summed E-state index contributed by atoms with van der Waals surface area (Å²) in [6.45, 7) is 8.44. The highest BCUT2D eigenvalue weighted by atomic mass is 16.6. The molecule has 4 atom stereocenters. The van der Waals surface area contributed by atoms with Gasteiger partial charge in [-0.1, -0.05) is 12.1 Å². The maximum atomic E-state index is 12.5. The van der Waals surface area contributed by atoms with Crippen molar-refractivity contribution in [2.24, 2.45) is 0 Å². The van der Waals surface area contributed by atoms with Crippen LogP contribution < -0.4 is 14.8 Å². The van der Waals surface area contributed by atoms with Crippen molar-refractivity contribution in [1.82, 2.24) is 10.2 Å². The van der Waals surface area contributed by atoms with Gasteiger partial charge in [-0.25, -0.2) is 0 Å². The maximum absolute atomic E-state index is 12.5. The molecule has 1 amide bonds. The van der Waals surface area contributed by atoms with Gasteiger partial charge in [0.2, 0.25) is 5.91 Å². The number of ether oxygens (including phenoxy) is 3. The number of benzene rings is 1. The first kappa shape index (κ1) is 17.0. The van der Waals surface area contributed by atoms with Crippen molar-refractivity contribution in [2.45, 2.75) is 45.1 Å². The molecule has 0 radical (unpaired) electrons. The lowest BCUT2D eigenvalue weighted by molar-refractivity contribution is -0.132. The van der Waals surface area contributed by atoms with E-state index >= 15 is 0 Å². The molecule has 2 heterocycles. The molecule has 3 rings (SSSR count). The summed E-state index contributed by atoms with van der Waals surface area (Å²) in [6.07, 6.45) is 0.129. The molecule has 0 aliphatic carbocycles. The predicted octanol–water partition coefficient (Wildman–Crippen LogP) is 1.44. The molecule has 0 spiro atoms. The van der Waals surface area contributed by atoms with Gasteiger partial charge in [0.25, 0.3) is 0 Å². The summed E-state index contributed by atoms with van der Waals surface area (Å²) < 4.78 is 17.3. The van der Waals surface area contributed by atoms with Gasteiger partial charge in [0, 0.05) is 13.1 Å². The van der Waals surface area contributed by atoms with E-state index in [1.165, 1.54) is 0 Å². The monoisotopic (exact) mass is 334 g/mol. The molecule has 0 saturated carbocycles. The number of carbonyl (C=O) groups is 1. The number of fused-ring (bicyclic) bond motifs is 1. The summed E-state index contributed by atoms with van der Waals surface area (Å²) in [4.78, 5) is 14.6. The normalized spacial score (nSPS) is 28.2. The van der Waals surface area contributed by atoms with Crippen LogP contribution in [-0.2, 0) is 9.53 Å². The molecule has 132 valence electrons. The number of hydrogen-bond acceptors (Lipinski definition) is 5. The minimum atomic E-state index is -0.185. The molecule has 0 bridgehead atoms. The quantitative estimate of drug-likeness (QED) is 0.903. The first-order chi connectivity index (χ1) is 11.5. The van der Waals surface area contributed by atoms with Gasteiger partial charge in [-0.3, -0.25) is 9.69 Å². The van der Waals surface area contributed by atoms with Gasteiger partial charge in [0.15, 0.2) is 11.5 Å². The van der Waals surface area contributed by atoms with Gasteiger partial charge in [-0.05, 0) is 32.9 Å². The van der Waals surface area contributed by atoms with E-state index in [-0.39, 0.29) is 30.3 Å². The van der Waals surface area contributed by atoms with E-state index in [4.69, 9.17) is 14.2 Å². The van der Waals surface area contributed by atoms with Crippen molar-refractivity contribution in [3.8, 4) is 11.5 Å². The van der Waals surface area contributed by atoms with Crippen molar-refractivity contribution in [3.63, 3.8) is 0 Å². The summed E-state index contributed by atoms with van der Waals surface area (Å²) in [5, 5.41) is 2.98. The van der Waals surface area contributed by atoms with Gasteiger partial charge < -0.3 is 19.5 Å². The summed E-state index contributed by atoms with van der Waals surface area (Å²) in [7, 11) is 0. The molecule has 6 heteroatoms. The molecule has 0 unspecified atom stereocenters. The number of rotatable bonds is 4. The van der Waals surface area contributed by atoms with Crippen LogP contribution in [0.15, 0.2) is 24.3 Å². The van der Waals surface area contributed by atoms with Crippen molar-refractivity contribution in [3.05, 3.63) is 24.3 Å². The van der Waals surface area contributed by atoms with E-state index in [9.17, 15) is 4.79 Å². The fourth-order valence-electron chi connectivity index (χ4n) is 3.23. The lowest BCUT2D eigenvalue weighted by Gasteiger charge is -2.38. The Balaban J connectivity index is 1.49. The Kier molecular flexibility index (Phi) is 5.26. The number of amides is 1. The lowest BCUT2D eigenvalue weighted by atomic mass is 10.1. The number of para-hydroxylation sites is 2. The Morgan fingerprint density at radius 2 is 1.92 bits per heavy atom. The Hall–Kier alpha value is -1.79. The van der Waals surface area contributed by atoms with E-state index in [1.54, 1.807) is 0 Å². The fraction of sp³-hybridized carbons (Fsp3) is 0.611. The van der Waals surface area contributed by atoms with Gasteiger partial charge in [-0.15, -0.1) is 0 Å². The summed E-state index contributed by atoms with van der Waals surface area (Å²) >= 11 is 0. The second kappa shape index (κ2) is 7.40. The lowest BCUT2D eigenvalue weighted by Crippen LogP contribution is -2.55. The second-order valence-corrected chi connectivity index (χ2v) is 6.63. The van der Waals surface area contributed by atoms with Crippen LogP contribution in [0.4, 0.5) is 0 Å². The first-order valence-corrected chi connectivity index (χ1v) is 8.58. The van der Waals surface area contributed by atoms with Gasteiger partial charge in [0.1, 0.15) is 12.7 Å². The van der Waals surface area contributed by atoms with Crippen LogP contribution in [0.1, 0.15) is 20.8 Å². The number of hydrogen-bond donors (Lipinski definition) is 1. The maximum Gasteiger partial charge on any atom is 0.237 e. The van der Waals surface area contributed by atoms with Crippen LogP contribution in [0.25, 0.3) is 0 Å². The standard InChI is InChI=1S/C18H26N2O4/c1-12-9-20(10-13(2)23-12)14(3)18(21)19-8-15-11-22-16-6-4-5-7-17(16)24-15/h4-7,12-15H,8-11H2,1-3H3,(H,19,21)/t12-,13+,14-,15+/m1/s1. The SMILES string of the molecule is C[C@@H]1CN([C@H](C)C(=O)NC[C@H]2COc3ccccc3O2)C[C@H](C)O1. The van der Waals surface area contributed by atoms with E-state index in [0.717, 1.165) is 24.6 Å². The van der Waals surface area contributed by atoms with Crippen LogP contribution >= 0.6 is 0 Å². The zero-order valence-corrected chi connectivity index (χ0v) is 14.5. The van der Waals surface area contributed by atoms with Crippen LogP contribution in [0.5, 0.6) is 11.5 Å². The second-order valence-electron chi connectivity index (χ2n) is 6.63. The Labute approximate surface area is 143 Å². The first-order valence-electron chi connectivity index (χ1n) is 8.58.